The van der Waals surface area contributed by atoms with Gasteiger partial charge in [-0.3, -0.25) is 4.98 Å². The second kappa shape index (κ2) is 4.80. The smallest absolute Gasteiger partial charge is 0.0570 e. The first kappa shape index (κ1) is 10.8. The van der Waals surface area contributed by atoms with Crippen LogP contribution in [0.25, 0.3) is 0 Å². The van der Waals surface area contributed by atoms with Crippen LogP contribution < -0.4 is 5.32 Å². The van der Waals surface area contributed by atoms with Gasteiger partial charge in [0.15, 0.2) is 0 Å². The van der Waals surface area contributed by atoms with Gasteiger partial charge in [0.25, 0.3) is 0 Å². The van der Waals surface area contributed by atoms with Gasteiger partial charge in [-0.1, -0.05) is 19.9 Å². The molecule has 1 aromatic rings. The van der Waals surface area contributed by atoms with Crippen molar-refractivity contribution in [1.82, 2.24) is 4.98 Å². The fourth-order valence-corrected chi connectivity index (χ4v) is 1.34. The Balaban J connectivity index is 2.78. The van der Waals surface area contributed by atoms with E-state index in [0.29, 0.717) is 5.92 Å². The van der Waals surface area contributed by atoms with Crippen LogP contribution in [-0.2, 0) is 0 Å². The van der Waals surface area contributed by atoms with E-state index in [1.165, 1.54) is 11.3 Å². The van der Waals surface area contributed by atoms with Crippen molar-refractivity contribution in [1.29, 1.82) is 0 Å². The fraction of sp³-hybridized carbons (Fsp3) is 0.417. The number of hydrogen-bond acceptors (Lipinski definition) is 2. The van der Waals surface area contributed by atoms with Gasteiger partial charge in [0.05, 0.1) is 11.9 Å². The number of hydrogen-bond donors (Lipinski definition) is 1. The van der Waals surface area contributed by atoms with Crippen molar-refractivity contribution in [3.05, 3.63) is 35.8 Å². The monoisotopic (exact) mass is 190 g/mol. The average Bonchev–Trinajstić information content (AvgIpc) is 2.14. The number of nitrogens with zero attached hydrogens (tertiary/aromatic N) is 1. The summed E-state index contributed by atoms with van der Waals surface area (Å²) in [5.74, 6) is 0.514. The highest BCUT2D eigenvalue weighted by atomic mass is 14.9. The zero-order chi connectivity index (χ0) is 10.6. The van der Waals surface area contributed by atoms with Crippen LogP contribution in [0.5, 0.6) is 0 Å². The van der Waals surface area contributed by atoms with Gasteiger partial charge < -0.3 is 5.32 Å². The van der Waals surface area contributed by atoms with Gasteiger partial charge in [-0.2, -0.15) is 0 Å². The first-order chi connectivity index (χ1) is 6.63. The van der Waals surface area contributed by atoms with Gasteiger partial charge >= 0.3 is 0 Å². The number of anilines is 1. The highest BCUT2D eigenvalue weighted by Gasteiger charge is 2.02. The van der Waals surface area contributed by atoms with E-state index >= 15 is 0 Å². The SMILES string of the molecule is C/C=C(\Nc1cncc(C)c1)C(C)C. The molecule has 76 valence electrons. The molecule has 0 bridgehead atoms. The summed E-state index contributed by atoms with van der Waals surface area (Å²) in [6.07, 6.45) is 5.81. The third kappa shape index (κ3) is 2.87. The number of rotatable bonds is 3. The molecule has 0 aromatic carbocycles. The number of allylic oxidation sites excluding steroid dienone is 2. The molecule has 1 rings (SSSR count). The Bertz CT molecular complexity index is 327. The van der Waals surface area contributed by atoms with Crippen molar-refractivity contribution in [2.75, 3.05) is 5.32 Å². The first-order valence-electron chi connectivity index (χ1n) is 4.98. The molecule has 0 fully saturated rings. The van der Waals surface area contributed by atoms with Crippen molar-refractivity contribution in [2.24, 2.45) is 5.92 Å². The van der Waals surface area contributed by atoms with Crippen LogP contribution in [-0.4, -0.2) is 4.98 Å². The summed E-state index contributed by atoms with van der Waals surface area (Å²) >= 11 is 0. The Morgan fingerprint density at radius 2 is 2.14 bits per heavy atom. The lowest BCUT2D eigenvalue weighted by molar-refractivity contribution is 0.772. The summed E-state index contributed by atoms with van der Waals surface area (Å²) in [4.78, 5) is 4.14. The van der Waals surface area contributed by atoms with Crippen LogP contribution in [0.15, 0.2) is 30.2 Å². The molecule has 0 spiro atoms. The molecule has 0 atom stereocenters. The van der Waals surface area contributed by atoms with Crippen LogP contribution in [0.4, 0.5) is 5.69 Å². The average molecular weight is 190 g/mol. The lowest BCUT2D eigenvalue weighted by Crippen LogP contribution is -2.06. The Morgan fingerprint density at radius 1 is 1.43 bits per heavy atom. The second-order valence-corrected chi connectivity index (χ2v) is 3.77. The minimum atomic E-state index is 0.514. The minimum Gasteiger partial charge on any atom is -0.358 e. The predicted molar refractivity (Wildman–Crippen MR) is 61.2 cm³/mol. The van der Waals surface area contributed by atoms with Crippen LogP contribution >= 0.6 is 0 Å². The molecule has 1 aromatic heterocycles. The third-order valence-corrected chi connectivity index (χ3v) is 2.10. The first-order valence-corrected chi connectivity index (χ1v) is 4.98. The van der Waals surface area contributed by atoms with Crippen molar-refractivity contribution >= 4 is 5.69 Å². The zero-order valence-corrected chi connectivity index (χ0v) is 9.33. The van der Waals surface area contributed by atoms with E-state index in [-0.39, 0.29) is 0 Å². The number of aromatic nitrogens is 1. The number of aryl methyl sites for hydroxylation is 1. The summed E-state index contributed by atoms with van der Waals surface area (Å²) in [6, 6.07) is 2.10. The van der Waals surface area contributed by atoms with E-state index in [1.54, 1.807) is 0 Å². The summed E-state index contributed by atoms with van der Waals surface area (Å²) in [7, 11) is 0. The molecule has 0 unspecified atom stereocenters. The van der Waals surface area contributed by atoms with Crippen molar-refractivity contribution in [3.8, 4) is 0 Å². The maximum Gasteiger partial charge on any atom is 0.0570 e. The molecule has 2 heteroatoms. The molecular formula is C12H18N2. The van der Waals surface area contributed by atoms with Gasteiger partial charge in [0.2, 0.25) is 0 Å². The van der Waals surface area contributed by atoms with Gasteiger partial charge in [-0.15, -0.1) is 0 Å². The second-order valence-electron chi connectivity index (χ2n) is 3.77. The molecule has 0 amide bonds. The van der Waals surface area contributed by atoms with Crippen molar-refractivity contribution in [2.45, 2.75) is 27.7 Å². The molecule has 0 saturated heterocycles. The molecule has 2 nitrogen and oxygen atoms in total. The molecule has 14 heavy (non-hydrogen) atoms. The van der Waals surface area contributed by atoms with Crippen LogP contribution in [0.2, 0.25) is 0 Å². The van der Waals surface area contributed by atoms with E-state index in [0.717, 1.165) is 5.69 Å². The van der Waals surface area contributed by atoms with Gasteiger partial charge in [0.1, 0.15) is 0 Å². The van der Waals surface area contributed by atoms with E-state index in [9.17, 15) is 0 Å². The Kier molecular flexibility index (Phi) is 3.69. The summed E-state index contributed by atoms with van der Waals surface area (Å²) in [6.45, 7) is 8.44. The standard InChI is InChI=1S/C12H18N2/c1-5-12(9(2)3)14-11-6-10(4)7-13-8-11/h5-9,14H,1-4H3/b12-5-. The Morgan fingerprint density at radius 3 is 2.64 bits per heavy atom. The molecule has 0 radical (unpaired) electrons. The quantitative estimate of drug-likeness (QED) is 0.790. The molecule has 0 aliphatic carbocycles. The van der Waals surface area contributed by atoms with Crippen molar-refractivity contribution < 1.29 is 0 Å². The zero-order valence-electron chi connectivity index (χ0n) is 9.33. The predicted octanol–water partition coefficient (Wildman–Crippen LogP) is 3.36. The number of pyridine rings is 1. The largest absolute Gasteiger partial charge is 0.358 e. The van der Waals surface area contributed by atoms with E-state index < -0.39 is 0 Å². The Labute approximate surface area is 86.1 Å². The molecular weight excluding hydrogens is 172 g/mol. The summed E-state index contributed by atoms with van der Waals surface area (Å²) < 4.78 is 0. The van der Waals surface area contributed by atoms with Crippen LogP contribution in [0.3, 0.4) is 0 Å². The maximum atomic E-state index is 4.14. The summed E-state index contributed by atoms with van der Waals surface area (Å²) in [5, 5.41) is 3.37. The van der Waals surface area contributed by atoms with E-state index in [1.807, 2.05) is 26.2 Å². The van der Waals surface area contributed by atoms with Gasteiger partial charge in [-0.05, 0) is 31.4 Å². The topological polar surface area (TPSA) is 24.9 Å². The highest BCUT2D eigenvalue weighted by molar-refractivity contribution is 5.47. The van der Waals surface area contributed by atoms with Crippen LogP contribution in [0, 0.1) is 12.8 Å². The fourth-order valence-electron chi connectivity index (χ4n) is 1.34. The van der Waals surface area contributed by atoms with Crippen LogP contribution in [0.1, 0.15) is 26.3 Å². The van der Waals surface area contributed by atoms with E-state index in [4.69, 9.17) is 0 Å². The summed E-state index contributed by atoms with van der Waals surface area (Å²) in [5.41, 5.74) is 3.47. The molecule has 0 saturated carbocycles. The molecule has 0 aliphatic heterocycles. The maximum absolute atomic E-state index is 4.14. The lowest BCUT2D eigenvalue weighted by atomic mass is 10.1. The van der Waals surface area contributed by atoms with Gasteiger partial charge in [0, 0.05) is 11.9 Å². The lowest BCUT2D eigenvalue weighted by Gasteiger charge is -2.13. The van der Waals surface area contributed by atoms with Gasteiger partial charge in [-0.25, -0.2) is 0 Å². The molecule has 1 heterocycles. The normalized spacial score (nSPS) is 11.9. The molecule has 1 N–H and O–H groups in total. The highest BCUT2D eigenvalue weighted by Crippen LogP contribution is 2.15. The minimum absolute atomic E-state index is 0.514. The molecule has 0 aliphatic rings. The number of nitrogens with one attached hydrogen (secondary N) is 1. The third-order valence-electron chi connectivity index (χ3n) is 2.10. The van der Waals surface area contributed by atoms with Crippen molar-refractivity contribution in [3.63, 3.8) is 0 Å². The van der Waals surface area contributed by atoms with E-state index in [2.05, 4.69) is 36.3 Å². The Hall–Kier alpha value is -1.31.